The van der Waals surface area contributed by atoms with Crippen LogP contribution < -0.4 is 21.5 Å². The van der Waals surface area contributed by atoms with E-state index in [0.717, 1.165) is 35.4 Å². The molecule has 4 fully saturated rings. The van der Waals surface area contributed by atoms with E-state index >= 15 is 0 Å². The molecule has 0 amide bonds. The Hall–Kier alpha value is -1.53. The van der Waals surface area contributed by atoms with Crippen molar-refractivity contribution >= 4 is 23.1 Å². The van der Waals surface area contributed by atoms with Crippen molar-refractivity contribution in [3.8, 4) is 0 Å². The molecular weight excluding hydrogens is 486 g/mol. The summed E-state index contributed by atoms with van der Waals surface area (Å²) in [4.78, 5) is 26.3. The molecule has 2 aromatic rings. The number of thiazole rings is 1. The van der Waals surface area contributed by atoms with Crippen molar-refractivity contribution in [2.45, 2.75) is 64.8 Å². The minimum atomic E-state index is -0.0108. The molecule has 6 rings (SSSR count). The van der Waals surface area contributed by atoms with Crippen LogP contribution in [0, 0.1) is 30.1 Å². The topological polar surface area (TPSA) is 47.2 Å². The van der Waals surface area contributed by atoms with Crippen LogP contribution in [0.3, 0.4) is 0 Å². The molecule has 4 nitrogen and oxygen atoms in total. The predicted molar refractivity (Wildman–Crippen MR) is 120 cm³/mol. The van der Waals surface area contributed by atoms with Crippen LogP contribution in [-0.2, 0) is 22.5 Å². The lowest BCUT2D eigenvalue weighted by atomic mass is 9.49. The molecule has 0 atom stereocenters. The normalized spacial score (nSPS) is 27.7. The first-order valence-corrected chi connectivity index (χ1v) is 12.6. The van der Waals surface area contributed by atoms with Crippen molar-refractivity contribution in [2.24, 2.45) is 23.2 Å². The molecule has 0 radical (unpaired) electrons. The molecule has 172 valence electrons. The number of carbonyl (C=O) groups excluding carboxylic acids is 2. The highest BCUT2D eigenvalue weighted by molar-refractivity contribution is 7.09. The van der Waals surface area contributed by atoms with Gasteiger partial charge in [0.05, 0.1) is 17.9 Å². The predicted octanol–water partition coefficient (Wildman–Crippen LogP) is 1.92. The fourth-order valence-corrected chi connectivity index (χ4v) is 7.81. The fourth-order valence-electron chi connectivity index (χ4n) is 6.84. The second-order valence-electron chi connectivity index (χ2n) is 10.2. The van der Waals surface area contributed by atoms with Crippen molar-refractivity contribution < 1.29 is 35.9 Å². The Balaban J connectivity index is 0.00000245. The van der Waals surface area contributed by atoms with Gasteiger partial charge in [-0.2, -0.15) is 4.57 Å². The molecule has 0 unspecified atom stereocenters. The molecule has 0 aliphatic heterocycles. The van der Waals surface area contributed by atoms with E-state index in [-0.39, 0.29) is 34.1 Å². The largest absolute Gasteiger partial charge is 1.00 e. The number of nitrogens with zero attached hydrogens (tertiary/aromatic N) is 1. The summed E-state index contributed by atoms with van der Waals surface area (Å²) >= 11 is 1.64. The summed E-state index contributed by atoms with van der Waals surface area (Å²) in [6.45, 7) is 2.82. The second-order valence-corrected chi connectivity index (χ2v) is 11.2. The molecule has 6 heteroatoms. The Bertz CT molecular complexity index is 935. The number of hydrogen-bond acceptors (Lipinski definition) is 4. The average molecular weight is 519 g/mol. The van der Waals surface area contributed by atoms with Gasteiger partial charge in [-0.15, -0.1) is 0 Å². The summed E-state index contributed by atoms with van der Waals surface area (Å²) in [7, 11) is 0. The van der Waals surface area contributed by atoms with Gasteiger partial charge in [-0.25, -0.2) is 0 Å². The first-order chi connectivity index (χ1) is 15.0. The van der Waals surface area contributed by atoms with Crippen LogP contribution >= 0.6 is 11.3 Å². The van der Waals surface area contributed by atoms with Gasteiger partial charge in [-0.05, 0) is 61.7 Å². The molecule has 0 spiro atoms. The summed E-state index contributed by atoms with van der Waals surface area (Å²) in [6.07, 6.45) is 9.27. The number of halogens is 1. The zero-order valence-electron chi connectivity index (χ0n) is 18.7. The lowest BCUT2D eigenvalue weighted by Gasteiger charge is -2.56. The molecular formula is C26H32BrNO3S. The fraction of sp³-hybridized carbons (Fsp3) is 0.577. The molecule has 4 aliphatic carbocycles. The van der Waals surface area contributed by atoms with Crippen molar-refractivity contribution in [1.29, 1.82) is 0 Å². The molecule has 4 aliphatic rings. The molecule has 1 heterocycles. The Morgan fingerprint density at radius 1 is 1.06 bits per heavy atom. The van der Waals surface area contributed by atoms with Crippen molar-refractivity contribution in [1.82, 2.24) is 0 Å². The third-order valence-electron chi connectivity index (χ3n) is 7.84. The van der Waals surface area contributed by atoms with E-state index in [2.05, 4.69) is 0 Å². The lowest BCUT2D eigenvalue weighted by Crippen LogP contribution is -3.00. The maximum absolute atomic E-state index is 12.6. The van der Waals surface area contributed by atoms with E-state index in [1.54, 1.807) is 11.3 Å². The first kappa shape index (κ1) is 23.6. The first-order valence-electron chi connectivity index (χ1n) is 11.7. The third-order valence-corrected chi connectivity index (χ3v) is 8.99. The van der Waals surface area contributed by atoms with Gasteiger partial charge in [0.1, 0.15) is 0 Å². The number of aromatic nitrogens is 1. The van der Waals surface area contributed by atoms with Crippen molar-refractivity contribution in [2.75, 3.05) is 6.61 Å². The van der Waals surface area contributed by atoms with Crippen LogP contribution in [0.15, 0.2) is 35.8 Å². The summed E-state index contributed by atoms with van der Waals surface area (Å²) in [5.41, 5.74) is 4.07. The number of Topliss-reactive ketones (excluding diaryl/α,β-unsaturated/α-hetero) is 1. The van der Waals surface area contributed by atoms with Gasteiger partial charge < -0.3 is 21.7 Å². The van der Waals surface area contributed by atoms with E-state index < -0.39 is 0 Å². The van der Waals surface area contributed by atoms with E-state index in [0.29, 0.717) is 19.6 Å². The van der Waals surface area contributed by atoms with Crippen LogP contribution in [0.2, 0.25) is 0 Å². The highest BCUT2D eigenvalue weighted by Crippen LogP contribution is 2.61. The van der Waals surface area contributed by atoms with E-state index in [4.69, 9.17) is 4.74 Å². The van der Waals surface area contributed by atoms with Gasteiger partial charge in [0, 0.05) is 18.9 Å². The average Bonchev–Trinajstić information content (AvgIpc) is 3.07. The van der Waals surface area contributed by atoms with Gasteiger partial charge in [0.2, 0.25) is 17.8 Å². The standard InChI is InChI=1S/C26H32NO3S.BrH/c1-18-24(31-17-27(18)16-23(28)22-5-3-2-4-6-22)7-8-30-25(29)15-26-12-19-9-20(13-26)11-21(10-19)14-26;/h2-6,17,19-21H,7-16H2,1H3;1H/q+1;/p-1. The number of benzene rings is 1. The van der Waals surface area contributed by atoms with Crippen LogP contribution in [0.5, 0.6) is 0 Å². The Morgan fingerprint density at radius 3 is 2.31 bits per heavy atom. The minimum Gasteiger partial charge on any atom is -1.00 e. The monoisotopic (exact) mass is 517 g/mol. The summed E-state index contributed by atoms with van der Waals surface area (Å²) in [5, 5.41) is 0. The molecule has 0 N–H and O–H groups in total. The SMILES string of the molecule is Cc1c(CCOC(=O)CC23CC4CC(CC(C4)C2)C3)sc[n+]1CC(=O)c1ccccc1.[Br-]. The van der Waals surface area contributed by atoms with Crippen LogP contribution in [0.4, 0.5) is 0 Å². The number of rotatable bonds is 8. The second kappa shape index (κ2) is 9.76. The van der Waals surface area contributed by atoms with E-state index in [9.17, 15) is 9.59 Å². The van der Waals surface area contributed by atoms with Gasteiger partial charge in [-0.3, -0.25) is 9.59 Å². The quantitative estimate of drug-likeness (QED) is 0.305. The maximum atomic E-state index is 12.6. The number of ether oxygens (including phenoxy) is 1. The van der Waals surface area contributed by atoms with Crippen molar-refractivity contribution in [3.63, 3.8) is 0 Å². The van der Waals surface area contributed by atoms with Crippen molar-refractivity contribution in [3.05, 3.63) is 52.0 Å². The summed E-state index contributed by atoms with van der Waals surface area (Å²) in [5.74, 6) is 2.69. The van der Waals surface area contributed by atoms with Crippen LogP contribution in [-0.4, -0.2) is 18.4 Å². The van der Waals surface area contributed by atoms with Gasteiger partial charge in [-0.1, -0.05) is 41.7 Å². The Kier molecular flexibility index (Phi) is 7.21. The molecule has 0 saturated heterocycles. The molecule has 32 heavy (non-hydrogen) atoms. The molecule has 4 saturated carbocycles. The smallest absolute Gasteiger partial charge is 0.306 e. The summed E-state index contributed by atoms with van der Waals surface area (Å²) in [6, 6.07) is 9.41. The van der Waals surface area contributed by atoms with Crippen LogP contribution in [0.25, 0.3) is 0 Å². The molecule has 1 aromatic heterocycles. The highest BCUT2D eigenvalue weighted by Gasteiger charge is 2.51. The Morgan fingerprint density at radius 2 is 1.69 bits per heavy atom. The Labute approximate surface area is 205 Å². The number of esters is 1. The zero-order valence-corrected chi connectivity index (χ0v) is 21.1. The van der Waals surface area contributed by atoms with Gasteiger partial charge in [0.15, 0.2) is 5.69 Å². The summed E-state index contributed by atoms with van der Waals surface area (Å²) < 4.78 is 7.70. The zero-order chi connectivity index (χ0) is 21.4. The minimum absolute atomic E-state index is 0. The number of ketones is 1. The van der Waals surface area contributed by atoms with E-state index in [1.165, 1.54) is 43.4 Å². The number of carbonyl (C=O) groups is 2. The molecule has 1 aromatic carbocycles. The van der Waals surface area contributed by atoms with E-state index in [1.807, 2.05) is 47.3 Å². The lowest BCUT2D eigenvalue weighted by molar-refractivity contribution is -0.684. The molecule has 4 bridgehead atoms. The maximum Gasteiger partial charge on any atom is 0.306 e. The van der Waals surface area contributed by atoms with Gasteiger partial charge >= 0.3 is 5.97 Å². The van der Waals surface area contributed by atoms with Gasteiger partial charge in [0.25, 0.3) is 0 Å². The highest BCUT2D eigenvalue weighted by atomic mass is 79.9. The third kappa shape index (κ3) is 5.01. The number of hydrogen-bond donors (Lipinski definition) is 0. The van der Waals surface area contributed by atoms with Crippen LogP contribution in [0.1, 0.15) is 65.9 Å².